The SMILES string of the molecule is Cc1c(C(=O)N(C)C)nn2c1CN(c1nc(OCC34CCCN3CCOC4)nc3c1COC(c1cc(N)cc(Cl)c1C(F)(F)F)C3)CCC2. The van der Waals surface area contributed by atoms with Crippen LogP contribution in [-0.2, 0) is 41.8 Å². The van der Waals surface area contributed by atoms with E-state index < -0.39 is 22.9 Å². The molecule has 3 aromatic rings. The molecular formula is C33H40ClF3N8O4. The Morgan fingerprint density at radius 3 is 2.78 bits per heavy atom. The van der Waals surface area contributed by atoms with Gasteiger partial charge in [0.2, 0.25) is 0 Å². The van der Waals surface area contributed by atoms with Crippen LogP contribution in [0.25, 0.3) is 0 Å². The largest absolute Gasteiger partial charge is 0.461 e. The Morgan fingerprint density at radius 2 is 2.00 bits per heavy atom. The maximum absolute atomic E-state index is 14.3. The molecule has 264 valence electrons. The number of anilines is 2. The molecule has 2 aromatic heterocycles. The maximum Gasteiger partial charge on any atom is 0.418 e. The van der Waals surface area contributed by atoms with E-state index >= 15 is 0 Å². The minimum absolute atomic E-state index is 0.0245. The third kappa shape index (κ3) is 6.30. The predicted molar refractivity (Wildman–Crippen MR) is 175 cm³/mol. The fourth-order valence-electron chi connectivity index (χ4n) is 7.54. The second-order valence-electron chi connectivity index (χ2n) is 13.5. The average Bonchev–Trinajstić information content (AvgIpc) is 3.54. The van der Waals surface area contributed by atoms with Crippen LogP contribution in [0.1, 0.15) is 69.5 Å². The summed E-state index contributed by atoms with van der Waals surface area (Å²) < 4.78 is 63.1. The van der Waals surface area contributed by atoms with Crippen LogP contribution in [0, 0.1) is 6.92 Å². The third-order valence-electron chi connectivity index (χ3n) is 10.1. The molecule has 0 bridgehead atoms. The first-order chi connectivity index (χ1) is 23.3. The van der Waals surface area contributed by atoms with Gasteiger partial charge in [-0.25, -0.2) is 0 Å². The first-order valence-electron chi connectivity index (χ1n) is 16.5. The molecule has 6 heterocycles. The fraction of sp³-hybridized carbons (Fsp3) is 0.576. The number of benzene rings is 1. The number of aryl methyl sites for hydroxylation is 1. The minimum atomic E-state index is -4.72. The standard InChI is InChI=1S/C33H40ClF3N8O4/c1-19-25-15-43(7-5-9-45(25)41-28(19)30(46)42(2)3)29-22-16-48-26(21-12-20(38)13-23(34)27(21)33(35,36)37)14-24(22)39-31(40-29)49-18-32-6-4-8-44(32)10-11-47-17-32/h12-13,26H,4-11,14-18,38H2,1-3H3. The van der Waals surface area contributed by atoms with Crippen LogP contribution >= 0.6 is 11.6 Å². The van der Waals surface area contributed by atoms with Crippen molar-refractivity contribution in [2.45, 2.75) is 70.1 Å². The number of halogens is 4. The molecule has 4 aliphatic heterocycles. The van der Waals surface area contributed by atoms with Crippen LogP contribution in [0.3, 0.4) is 0 Å². The Bertz CT molecular complexity index is 1770. The quantitative estimate of drug-likeness (QED) is 0.369. The smallest absolute Gasteiger partial charge is 0.418 e. The highest BCUT2D eigenvalue weighted by molar-refractivity contribution is 6.31. The second kappa shape index (κ2) is 12.9. The van der Waals surface area contributed by atoms with Crippen LogP contribution in [0.2, 0.25) is 5.02 Å². The van der Waals surface area contributed by atoms with E-state index in [0.29, 0.717) is 68.6 Å². The average molecular weight is 705 g/mol. The number of rotatable bonds is 6. The third-order valence-corrected chi connectivity index (χ3v) is 10.4. The van der Waals surface area contributed by atoms with Crippen molar-refractivity contribution in [1.29, 1.82) is 0 Å². The van der Waals surface area contributed by atoms with Crippen LogP contribution in [0.15, 0.2) is 12.1 Å². The summed E-state index contributed by atoms with van der Waals surface area (Å²) in [6, 6.07) is 2.51. The summed E-state index contributed by atoms with van der Waals surface area (Å²) in [6.45, 7) is 6.79. The molecule has 2 fully saturated rings. The van der Waals surface area contributed by atoms with E-state index in [1.165, 1.54) is 11.0 Å². The van der Waals surface area contributed by atoms with E-state index in [1.54, 1.807) is 14.1 Å². The zero-order valence-electron chi connectivity index (χ0n) is 27.8. The van der Waals surface area contributed by atoms with Gasteiger partial charge in [-0.2, -0.15) is 28.2 Å². The number of fused-ring (bicyclic) bond motifs is 3. The Balaban J connectivity index is 1.27. The Hall–Kier alpha value is -3.66. The fourth-order valence-corrected chi connectivity index (χ4v) is 7.89. The Morgan fingerprint density at radius 1 is 1.18 bits per heavy atom. The van der Waals surface area contributed by atoms with E-state index in [0.717, 1.165) is 43.3 Å². The summed E-state index contributed by atoms with van der Waals surface area (Å²) in [5.41, 5.74) is 7.95. The van der Waals surface area contributed by atoms with E-state index in [9.17, 15) is 18.0 Å². The lowest BCUT2D eigenvalue weighted by atomic mass is 9.94. The lowest BCUT2D eigenvalue weighted by Crippen LogP contribution is -2.56. The number of aromatic nitrogens is 4. The molecule has 4 aliphatic rings. The van der Waals surface area contributed by atoms with Crippen LogP contribution in [0.5, 0.6) is 6.01 Å². The Kier molecular flexibility index (Phi) is 8.91. The molecule has 2 saturated heterocycles. The van der Waals surface area contributed by atoms with Gasteiger partial charge in [-0.1, -0.05) is 11.6 Å². The lowest BCUT2D eigenvalue weighted by molar-refractivity contribution is -0.139. The number of ether oxygens (including phenoxy) is 3. The zero-order chi connectivity index (χ0) is 34.7. The number of nitrogen functional groups attached to an aromatic ring is 1. The van der Waals surface area contributed by atoms with Gasteiger partial charge in [-0.3, -0.25) is 14.4 Å². The molecule has 1 amide bonds. The molecule has 49 heavy (non-hydrogen) atoms. The van der Waals surface area contributed by atoms with Crippen LogP contribution in [0.4, 0.5) is 24.7 Å². The molecule has 0 saturated carbocycles. The molecule has 7 rings (SSSR count). The van der Waals surface area contributed by atoms with Crippen molar-refractivity contribution in [1.82, 2.24) is 29.5 Å². The number of amides is 1. The number of morpholine rings is 1. The molecule has 0 spiro atoms. The summed E-state index contributed by atoms with van der Waals surface area (Å²) in [6.07, 6.45) is -3.04. The van der Waals surface area contributed by atoms with Crippen molar-refractivity contribution in [3.05, 3.63) is 56.5 Å². The number of nitrogens with two attached hydrogens (primary N) is 1. The number of carbonyl (C=O) groups excluding carboxylic acids is 1. The minimum Gasteiger partial charge on any atom is -0.461 e. The molecule has 12 nitrogen and oxygen atoms in total. The van der Waals surface area contributed by atoms with Crippen molar-refractivity contribution in [3.8, 4) is 6.01 Å². The van der Waals surface area contributed by atoms with E-state index in [1.807, 2.05) is 11.6 Å². The monoisotopic (exact) mass is 704 g/mol. The summed E-state index contributed by atoms with van der Waals surface area (Å²) >= 11 is 6.10. The second-order valence-corrected chi connectivity index (χ2v) is 13.9. The molecule has 2 N–H and O–H groups in total. The van der Waals surface area contributed by atoms with Gasteiger partial charge in [0.15, 0.2) is 5.69 Å². The Labute approximate surface area is 287 Å². The van der Waals surface area contributed by atoms with Gasteiger partial charge in [0.05, 0.1) is 60.0 Å². The van der Waals surface area contributed by atoms with Crippen LogP contribution in [-0.4, -0.2) is 94.5 Å². The molecule has 0 radical (unpaired) electrons. The van der Waals surface area contributed by atoms with Crippen molar-refractivity contribution >= 4 is 29.0 Å². The molecule has 2 atom stereocenters. The van der Waals surface area contributed by atoms with Gasteiger partial charge in [0.1, 0.15) is 12.4 Å². The summed E-state index contributed by atoms with van der Waals surface area (Å²) in [5.74, 6) is 0.404. The molecule has 0 aliphatic carbocycles. The van der Waals surface area contributed by atoms with E-state index in [2.05, 4.69) is 14.9 Å². The van der Waals surface area contributed by atoms with Gasteiger partial charge in [0, 0.05) is 57.0 Å². The maximum atomic E-state index is 14.3. The predicted octanol–water partition coefficient (Wildman–Crippen LogP) is 4.41. The number of hydrogen-bond acceptors (Lipinski definition) is 10. The topological polar surface area (TPSA) is 124 Å². The first-order valence-corrected chi connectivity index (χ1v) is 16.9. The molecule has 2 unspecified atom stereocenters. The molecule has 1 aromatic carbocycles. The van der Waals surface area contributed by atoms with Crippen molar-refractivity contribution in [3.63, 3.8) is 0 Å². The number of alkyl halides is 3. The van der Waals surface area contributed by atoms with Gasteiger partial charge in [0.25, 0.3) is 5.91 Å². The van der Waals surface area contributed by atoms with E-state index in [4.69, 9.17) is 41.5 Å². The van der Waals surface area contributed by atoms with Gasteiger partial charge < -0.3 is 29.7 Å². The number of carbonyl (C=O) groups is 1. The highest BCUT2D eigenvalue weighted by Gasteiger charge is 2.45. The van der Waals surface area contributed by atoms with Crippen molar-refractivity contribution < 1.29 is 32.2 Å². The number of nitrogens with zero attached hydrogens (tertiary/aromatic N) is 7. The summed E-state index contributed by atoms with van der Waals surface area (Å²) in [7, 11) is 3.39. The molecular weight excluding hydrogens is 665 g/mol. The van der Waals surface area contributed by atoms with Crippen molar-refractivity contribution in [2.75, 3.05) is 64.2 Å². The lowest BCUT2D eigenvalue weighted by Gasteiger charge is -2.41. The molecule has 16 heteroatoms. The highest BCUT2D eigenvalue weighted by atomic mass is 35.5. The normalized spacial score (nSPS) is 22.7. The van der Waals surface area contributed by atoms with Gasteiger partial charge in [-0.15, -0.1) is 0 Å². The van der Waals surface area contributed by atoms with Crippen molar-refractivity contribution in [2.24, 2.45) is 0 Å². The van der Waals surface area contributed by atoms with Crippen LogP contribution < -0.4 is 15.4 Å². The van der Waals surface area contributed by atoms with Gasteiger partial charge >= 0.3 is 12.2 Å². The summed E-state index contributed by atoms with van der Waals surface area (Å²) in [5, 5.41) is 4.17. The number of hydrogen-bond donors (Lipinski definition) is 1. The highest BCUT2D eigenvalue weighted by Crippen LogP contribution is 2.45. The summed E-state index contributed by atoms with van der Waals surface area (Å²) in [4.78, 5) is 28.6. The van der Waals surface area contributed by atoms with E-state index in [-0.39, 0.29) is 41.7 Å². The first kappa shape index (κ1) is 33.8. The zero-order valence-corrected chi connectivity index (χ0v) is 28.5. The van der Waals surface area contributed by atoms with Gasteiger partial charge in [-0.05, 0) is 50.4 Å².